The summed E-state index contributed by atoms with van der Waals surface area (Å²) in [6, 6.07) is 4.74. The number of carbonyl (C=O) groups is 1. The first-order valence-electron chi connectivity index (χ1n) is 4.68. The van der Waals surface area contributed by atoms with Crippen molar-refractivity contribution in [1.82, 2.24) is 0 Å². The van der Waals surface area contributed by atoms with E-state index in [2.05, 4.69) is 0 Å². The Labute approximate surface area is 93.1 Å². The number of likely N-dealkylation sites (N-methyl/N-ethyl adjacent to an activating group) is 1. The lowest BCUT2D eigenvalue weighted by atomic mass is 10.1. The topological polar surface area (TPSA) is 113 Å². The zero-order valence-electron chi connectivity index (χ0n) is 8.92. The van der Waals surface area contributed by atoms with Crippen molar-refractivity contribution in [2.75, 3.05) is 24.2 Å². The molecule has 1 amide bonds. The Morgan fingerprint density at radius 1 is 1.50 bits per heavy atom. The minimum atomic E-state index is -1.44. The molecule has 88 valence electrons. The Balaban J connectivity index is 2.98. The number of hydrogen-bond donors (Lipinski definition) is 4. The fraction of sp³-hybridized carbons (Fsp3) is 0.300. The van der Waals surface area contributed by atoms with Gasteiger partial charge in [-0.1, -0.05) is 0 Å². The van der Waals surface area contributed by atoms with E-state index in [1.165, 1.54) is 6.07 Å². The molecule has 0 spiro atoms. The van der Waals surface area contributed by atoms with E-state index in [1.807, 2.05) is 0 Å². The molecule has 0 saturated carbocycles. The van der Waals surface area contributed by atoms with Gasteiger partial charge in [0.15, 0.2) is 6.29 Å². The number of primary amides is 1. The SMILES string of the molecule is CN(CC(O)O)c1ccc(N)c(C(N)=O)c1. The summed E-state index contributed by atoms with van der Waals surface area (Å²) in [5.74, 6) is -0.614. The van der Waals surface area contributed by atoms with Gasteiger partial charge in [0, 0.05) is 18.4 Å². The fourth-order valence-corrected chi connectivity index (χ4v) is 1.35. The summed E-state index contributed by atoms with van der Waals surface area (Å²) in [4.78, 5) is 12.6. The van der Waals surface area contributed by atoms with E-state index in [-0.39, 0.29) is 12.1 Å². The molecule has 0 aromatic heterocycles. The van der Waals surface area contributed by atoms with Crippen molar-refractivity contribution in [3.05, 3.63) is 23.8 Å². The number of anilines is 2. The molecule has 0 saturated heterocycles. The number of nitrogens with zero attached hydrogens (tertiary/aromatic N) is 1. The molecule has 0 atom stereocenters. The molecule has 6 N–H and O–H groups in total. The number of benzene rings is 1. The van der Waals surface area contributed by atoms with Crippen LogP contribution in [0, 0.1) is 0 Å². The number of nitrogen functional groups attached to an aromatic ring is 1. The van der Waals surface area contributed by atoms with Crippen LogP contribution in [0.5, 0.6) is 0 Å². The first kappa shape index (κ1) is 12.3. The van der Waals surface area contributed by atoms with E-state index < -0.39 is 12.2 Å². The van der Waals surface area contributed by atoms with Gasteiger partial charge in [0.05, 0.1) is 12.1 Å². The maximum Gasteiger partial charge on any atom is 0.250 e. The zero-order chi connectivity index (χ0) is 12.3. The molecule has 0 fully saturated rings. The number of rotatable bonds is 4. The predicted octanol–water partition coefficient (Wildman–Crippen LogP) is -0.885. The van der Waals surface area contributed by atoms with Crippen LogP contribution < -0.4 is 16.4 Å². The highest BCUT2D eigenvalue weighted by Crippen LogP contribution is 2.20. The third-order valence-corrected chi connectivity index (χ3v) is 2.18. The maximum absolute atomic E-state index is 11.0. The minimum Gasteiger partial charge on any atom is -0.398 e. The highest BCUT2D eigenvalue weighted by molar-refractivity contribution is 5.99. The molecule has 1 aromatic rings. The van der Waals surface area contributed by atoms with Crippen LogP contribution in [0.4, 0.5) is 11.4 Å². The van der Waals surface area contributed by atoms with Gasteiger partial charge >= 0.3 is 0 Å². The smallest absolute Gasteiger partial charge is 0.250 e. The molecule has 0 radical (unpaired) electrons. The van der Waals surface area contributed by atoms with Crippen molar-refractivity contribution in [2.24, 2.45) is 5.73 Å². The van der Waals surface area contributed by atoms with Crippen molar-refractivity contribution in [3.63, 3.8) is 0 Å². The molecule has 6 heteroatoms. The Bertz CT molecular complexity index is 393. The van der Waals surface area contributed by atoms with Gasteiger partial charge in [-0.15, -0.1) is 0 Å². The summed E-state index contributed by atoms with van der Waals surface area (Å²) < 4.78 is 0. The number of amides is 1. The van der Waals surface area contributed by atoms with Crippen LogP contribution in [-0.2, 0) is 0 Å². The van der Waals surface area contributed by atoms with E-state index in [4.69, 9.17) is 21.7 Å². The van der Waals surface area contributed by atoms with E-state index in [1.54, 1.807) is 24.1 Å². The Morgan fingerprint density at radius 3 is 2.62 bits per heavy atom. The summed E-state index contributed by atoms with van der Waals surface area (Å²) in [5.41, 5.74) is 11.9. The van der Waals surface area contributed by atoms with Gasteiger partial charge in [0.2, 0.25) is 0 Å². The predicted molar refractivity (Wildman–Crippen MR) is 60.9 cm³/mol. The molecule has 0 bridgehead atoms. The molecule has 1 rings (SSSR count). The average molecular weight is 225 g/mol. The van der Waals surface area contributed by atoms with Crippen LogP contribution in [0.3, 0.4) is 0 Å². The van der Waals surface area contributed by atoms with Crippen LogP contribution in [0.1, 0.15) is 10.4 Å². The average Bonchev–Trinajstić information content (AvgIpc) is 2.16. The second kappa shape index (κ2) is 4.82. The van der Waals surface area contributed by atoms with Gasteiger partial charge in [-0.3, -0.25) is 4.79 Å². The Kier molecular flexibility index (Phi) is 3.70. The molecule has 16 heavy (non-hydrogen) atoms. The quantitative estimate of drug-likeness (QED) is 0.392. The van der Waals surface area contributed by atoms with E-state index in [0.29, 0.717) is 11.4 Å². The second-order valence-electron chi connectivity index (χ2n) is 3.50. The number of hydrogen-bond acceptors (Lipinski definition) is 5. The molecule has 0 aliphatic heterocycles. The Morgan fingerprint density at radius 2 is 2.12 bits per heavy atom. The van der Waals surface area contributed by atoms with Gasteiger partial charge in [-0.05, 0) is 18.2 Å². The molecule has 0 aliphatic rings. The van der Waals surface area contributed by atoms with Crippen LogP contribution in [0.2, 0.25) is 0 Å². The lowest BCUT2D eigenvalue weighted by Gasteiger charge is -2.21. The van der Waals surface area contributed by atoms with Crippen molar-refractivity contribution < 1.29 is 15.0 Å². The molecular weight excluding hydrogens is 210 g/mol. The van der Waals surface area contributed by atoms with Gasteiger partial charge < -0.3 is 26.6 Å². The van der Waals surface area contributed by atoms with Crippen LogP contribution in [0.15, 0.2) is 18.2 Å². The largest absolute Gasteiger partial charge is 0.398 e. The molecular formula is C10H15N3O3. The van der Waals surface area contributed by atoms with Crippen molar-refractivity contribution in [2.45, 2.75) is 6.29 Å². The van der Waals surface area contributed by atoms with E-state index in [9.17, 15) is 4.79 Å². The standard InChI is InChI=1S/C10H15N3O3/c1-13(5-9(14)15)6-2-3-8(11)7(4-6)10(12)16/h2-4,9,14-15H,5,11H2,1H3,(H2,12,16). The maximum atomic E-state index is 11.0. The molecule has 1 aromatic carbocycles. The molecule has 0 unspecified atom stereocenters. The lowest BCUT2D eigenvalue weighted by molar-refractivity contribution is -0.0314. The van der Waals surface area contributed by atoms with E-state index in [0.717, 1.165) is 0 Å². The summed E-state index contributed by atoms with van der Waals surface area (Å²) in [6.07, 6.45) is -1.44. The number of carbonyl (C=O) groups excluding carboxylic acids is 1. The lowest BCUT2D eigenvalue weighted by Crippen LogP contribution is -2.28. The second-order valence-corrected chi connectivity index (χ2v) is 3.50. The van der Waals surface area contributed by atoms with Crippen LogP contribution in [-0.4, -0.2) is 36.0 Å². The van der Waals surface area contributed by atoms with Crippen molar-refractivity contribution in [1.29, 1.82) is 0 Å². The first-order chi connectivity index (χ1) is 7.41. The highest BCUT2D eigenvalue weighted by Gasteiger charge is 2.10. The number of nitrogens with two attached hydrogens (primary N) is 2. The fourth-order valence-electron chi connectivity index (χ4n) is 1.35. The summed E-state index contributed by atoms with van der Waals surface area (Å²) in [7, 11) is 1.66. The van der Waals surface area contributed by atoms with Crippen molar-refractivity contribution in [3.8, 4) is 0 Å². The van der Waals surface area contributed by atoms with E-state index >= 15 is 0 Å². The highest BCUT2D eigenvalue weighted by atomic mass is 16.5. The Hall–Kier alpha value is -1.79. The normalized spacial score (nSPS) is 10.5. The molecule has 6 nitrogen and oxygen atoms in total. The number of aliphatic hydroxyl groups is 2. The molecule has 0 aliphatic carbocycles. The van der Waals surface area contributed by atoms with Gasteiger partial charge in [0.1, 0.15) is 0 Å². The van der Waals surface area contributed by atoms with Gasteiger partial charge in [-0.2, -0.15) is 0 Å². The third-order valence-electron chi connectivity index (χ3n) is 2.18. The number of aliphatic hydroxyl groups excluding tert-OH is 1. The summed E-state index contributed by atoms with van der Waals surface area (Å²) in [6.45, 7) is 0.0299. The first-order valence-corrected chi connectivity index (χ1v) is 4.68. The van der Waals surface area contributed by atoms with Gasteiger partial charge in [-0.25, -0.2) is 0 Å². The summed E-state index contributed by atoms with van der Waals surface area (Å²) in [5, 5.41) is 17.6. The monoisotopic (exact) mass is 225 g/mol. The van der Waals surface area contributed by atoms with Crippen LogP contribution >= 0.6 is 0 Å². The molecule has 0 heterocycles. The zero-order valence-corrected chi connectivity index (χ0v) is 8.92. The summed E-state index contributed by atoms with van der Waals surface area (Å²) >= 11 is 0. The van der Waals surface area contributed by atoms with Crippen molar-refractivity contribution >= 4 is 17.3 Å². The minimum absolute atomic E-state index is 0.0299. The third kappa shape index (κ3) is 2.85. The van der Waals surface area contributed by atoms with Crippen LogP contribution in [0.25, 0.3) is 0 Å². The van der Waals surface area contributed by atoms with Gasteiger partial charge in [0.25, 0.3) is 5.91 Å².